The van der Waals surface area contributed by atoms with Crippen molar-refractivity contribution in [1.29, 1.82) is 0 Å². The number of nitrogens with one attached hydrogen (secondary N) is 1. The van der Waals surface area contributed by atoms with Crippen LogP contribution in [0.5, 0.6) is 0 Å². The van der Waals surface area contributed by atoms with Crippen molar-refractivity contribution in [1.82, 2.24) is 5.32 Å². The Balaban J connectivity index is 2.67. The Hall–Kier alpha value is -1.76. The highest BCUT2D eigenvalue weighted by molar-refractivity contribution is 7.91. The van der Waals surface area contributed by atoms with Gasteiger partial charge in [-0.1, -0.05) is 6.92 Å². The zero-order valence-electron chi connectivity index (χ0n) is 12.0. The van der Waals surface area contributed by atoms with Crippen LogP contribution in [-0.2, 0) is 9.84 Å². The van der Waals surface area contributed by atoms with Gasteiger partial charge in [0.1, 0.15) is 0 Å². The summed E-state index contributed by atoms with van der Waals surface area (Å²) >= 11 is 0. The predicted molar refractivity (Wildman–Crippen MR) is 81.8 cm³/mol. The van der Waals surface area contributed by atoms with E-state index in [-0.39, 0.29) is 24.0 Å². The minimum absolute atomic E-state index is 0.0551. The molecule has 0 aliphatic rings. The maximum absolute atomic E-state index is 11.9. The number of nitrogens with two attached hydrogens (primary N) is 1. The Morgan fingerprint density at radius 1 is 1.35 bits per heavy atom. The number of sulfone groups is 1. The van der Waals surface area contributed by atoms with Gasteiger partial charge in [-0.25, -0.2) is 8.42 Å². The molecule has 3 N–H and O–H groups in total. The average molecular weight is 299 g/mol. The van der Waals surface area contributed by atoms with Crippen LogP contribution in [0.3, 0.4) is 0 Å². The second-order valence-corrected chi connectivity index (χ2v) is 7.13. The largest absolute Gasteiger partial charge is 0.397 e. The second-order valence-electron chi connectivity index (χ2n) is 4.66. The molecule has 112 valence electrons. The number of amides is 1. The van der Waals surface area contributed by atoms with Gasteiger partial charge in [-0.15, -0.1) is 0 Å². The van der Waals surface area contributed by atoms with Crippen molar-refractivity contribution in [3.05, 3.63) is 23.8 Å². The van der Waals surface area contributed by atoms with Crippen molar-refractivity contribution in [2.24, 2.45) is 0 Å². The molecule has 7 heteroatoms. The molecule has 0 saturated heterocycles. The van der Waals surface area contributed by atoms with Crippen molar-refractivity contribution >= 4 is 27.1 Å². The number of carbonyl (C=O) groups excluding carboxylic acids is 1. The third-order valence-corrected chi connectivity index (χ3v) is 4.62. The summed E-state index contributed by atoms with van der Waals surface area (Å²) < 4.78 is 22.6. The second kappa shape index (κ2) is 6.60. The van der Waals surface area contributed by atoms with E-state index in [0.717, 1.165) is 5.69 Å². The maximum atomic E-state index is 11.9. The molecule has 0 heterocycles. The molecular weight excluding hydrogens is 278 g/mol. The molecule has 0 aromatic heterocycles. The number of carbonyl (C=O) groups is 1. The third kappa shape index (κ3) is 4.41. The van der Waals surface area contributed by atoms with Crippen LogP contribution >= 0.6 is 0 Å². The number of anilines is 2. The first-order valence-corrected chi connectivity index (χ1v) is 8.14. The standard InChI is InChI=1S/C13H21N3O3S/c1-4-20(18,19)8-7-15-13(17)10-5-6-12(16(2)3)11(14)9-10/h5-6,9H,4,7-8,14H2,1-3H3,(H,15,17). The summed E-state index contributed by atoms with van der Waals surface area (Å²) in [5.74, 6) is -0.304. The first kappa shape index (κ1) is 16.3. The van der Waals surface area contributed by atoms with Crippen molar-refractivity contribution in [3.63, 3.8) is 0 Å². The molecule has 0 atom stereocenters. The van der Waals surface area contributed by atoms with Gasteiger partial charge < -0.3 is 16.0 Å². The van der Waals surface area contributed by atoms with E-state index in [1.807, 2.05) is 19.0 Å². The van der Waals surface area contributed by atoms with E-state index in [1.54, 1.807) is 25.1 Å². The zero-order valence-corrected chi connectivity index (χ0v) is 12.8. The van der Waals surface area contributed by atoms with Crippen LogP contribution in [0.1, 0.15) is 17.3 Å². The van der Waals surface area contributed by atoms with Crippen molar-refractivity contribution in [3.8, 4) is 0 Å². The maximum Gasteiger partial charge on any atom is 0.251 e. The smallest absolute Gasteiger partial charge is 0.251 e. The molecule has 0 spiro atoms. The quantitative estimate of drug-likeness (QED) is 0.746. The number of nitrogens with zero attached hydrogens (tertiary/aromatic N) is 1. The van der Waals surface area contributed by atoms with E-state index in [0.29, 0.717) is 11.3 Å². The number of hydrogen-bond donors (Lipinski definition) is 2. The summed E-state index contributed by atoms with van der Waals surface area (Å²) in [4.78, 5) is 13.7. The molecule has 0 aliphatic carbocycles. The van der Waals surface area contributed by atoms with Crippen LogP contribution in [0.4, 0.5) is 11.4 Å². The number of benzene rings is 1. The molecule has 0 radical (unpaired) electrons. The fourth-order valence-corrected chi connectivity index (χ4v) is 2.37. The van der Waals surface area contributed by atoms with Crippen LogP contribution < -0.4 is 16.0 Å². The Bertz CT molecular complexity index is 583. The summed E-state index contributed by atoms with van der Waals surface area (Å²) in [6.45, 7) is 1.68. The van der Waals surface area contributed by atoms with E-state index in [2.05, 4.69) is 5.32 Å². The molecule has 0 fully saturated rings. The van der Waals surface area contributed by atoms with Gasteiger partial charge in [0.05, 0.1) is 17.1 Å². The molecule has 1 aromatic carbocycles. The minimum atomic E-state index is -3.07. The van der Waals surface area contributed by atoms with Crippen molar-refractivity contribution < 1.29 is 13.2 Å². The summed E-state index contributed by atoms with van der Waals surface area (Å²) in [6.07, 6.45) is 0. The van der Waals surface area contributed by atoms with Gasteiger partial charge in [0.15, 0.2) is 9.84 Å². The molecule has 0 saturated carbocycles. The highest BCUT2D eigenvalue weighted by Crippen LogP contribution is 2.22. The lowest BCUT2D eigenvalue weighted by molar-refractivity contribution is 0.0956. The Morgan fingerprint density at radius 3 is 2.50 bits per heavy atom. The first-order chi connectivity index (χ1) is 9.26. The first-order valence-electron chi connectivity index (χ1n) is 6.32. The van der Waals surface area contributed by atoms with E-state index in [4.69, 9.17) is 5.73 Å². The van der Waals surface area contributed by atoms with Crippen LogP contribution in [0.25, 0.3) is 0 Å². The zero-order chi connectivity index (χ0) is 15.3. The van der Waals surface area contributed by atoms with Crippen LogP contribution in [0.2, 0.25) is 0 Å². The summed E-state index contributed by atoms with van der Waals surface area (Å²) in [5, 5.41) is 2.58. The van der Waals surface area contributed by atoms with Gasteiger partial charge in [0.2, 0.25) is 0 Å². The Morgan fingerprint density at radius 2 is 2.00 bits per heavy atom. The topological polar surface area (TPSA) is 92.5 Å². The molecule has 1 aromatic rings. The van der Waals surface area contributed by atoms with Crippen LogP contribution in [0.15, 0.2) is 18.2 Å². The van der Waals surface area contributed by atoms with Gasteiger partial charge in [-0.05, 0) is 18.2 Å². The molecule has 0 aliphatic heterocycles. The van der Waals surface area contributed by atoms with Crippen molar-refractivity contribution in [2.75, 3.05) is 42.8 Å². The summed E-state index contributed by atoms with van der Waals surface area (Å²) in [6, 6.07) is 5.00. The number of nitrogen functional groups attached to an aromatic ring is 1. The van der Waals surface area contributed by atoms with Crippen LogP contribution in [-0.4, -0.2) is 46.5 Å². The van der Waals surface area contributed by atoms with E-state index < -0.39 is 9.84 Å². The molecule has 1 amide bonds. The predicted octanol–water partition coefficient (Wildman–Crippen LogP) is 0.499. The third-order valence-electron chi connectivity index (χ3n) is 2.91. The summed E-state index contributed by atoms with van der Waals surface area (Å²) in [5.41, 5.74) is 7.61. The van der Waals surface area contributed by atoms with Crippen LogP contribution in [0, 0.1) is 0 Å². The van der Waals surface area contributed by atoms with E-state index in [9.17, 15) is 13.2 Å². The average Bonchev–Trinajstić information content (AvgIpc) is 2.37. The molecule has 6 nitrogen and oxygen atoms in total. The number of hydrogen-bond acceptors (Lipinski definition) is 5. The van der Waals surface area contributed by atoms with Crippen molar-refractivity contribution in [2.45, 2.75) is 6.92 Å². The van der Waals surface area contributed by atoms with Gasteiger partial charge in [-0.3, -0.25) is 4.79 Å². The van der Waals surface area contributed by atoms with E-state index >= 15 is 0 Å². The monoisotopic (exact) mass is 299 g/mol. The SMILES string of the molecule is CCS(=O)(=O)CCNC(=O)c1ccc(N(C)C)c(N)c1. The summed E-state index contributed by atoms with van der Waals surface area (Å²) in [7, 11) is 0.655. The fourth-order valence-electron chi connectivity index (χ4n) is 1.67. The molecular formula is C13H21N3O3S. The van der Waals surface area contributed by atoms with Gasteiger partial charge in [0, 0.05) is 32.0 Å². The Kier molecular flexibility index (Phi) is 5.38. The normalized spacial score (nSPS) is 11.2. The van der Waals surface area contributed by atoms with Gasteiger partial charge >= 0.3 is 0 Å². The lowest BCUT2D eigenvalue weighted by Gasteiger charge is -2.15. The Labute approximate surface area is 119 Å². The minimum Gasteiger partial charge on any atom is -0.397 e. The highest BCUT2D eigenvalue weighted by Gasteiger charge is 2.11. The molecule has 20 heavy (non-hydrogen) atoms. The van der Waals surface area contributed by atoms with E-state index in [1.165, 1.54) is 0 Å². The lowest BCUT2D eigenvalue weighted by Crippen LogP contribution is -2.29. The molecule has 0 bridgehead atoms. The molecule has 1 rings (SSSR count). The molecule has 0 unspecified atom stereocenters. The fraction of sp³-hybridized carbons (Fsp3) is 0.462. The van der Waals surface area contributed by atoms with Gasteiger partial charge in [0.25, 0.3) is 5.91 Å². The highest BCUT2D eigenvalue weighted by atomic mass is 32.2. The lowest BCUT2D eigenvalue weighted by atomic mass is 10.1. The van der Waals surface area contributed by atoms with Gasteiger partial charge in [-0.2, -0.15) is 0 Å². The number of rotatable bonds is 6.